The molecule has 18 heavy (non-hydrogen) atoms. The van der Waals surface area contributed by atoms with Gasteiger partial charge in [-0.25, -0.2) is 0 Å². The molecule has 1 fully saturated rings. The van der Waals surface area contributed by atoms with Gasteiger partial charge in [0.1, 0.15) is 0 Å². The summed E-state index contributed by atoms with van der Waals surface area (Å²) in [5.74, 6) is 1.59. The largest absolute Gasteiger partial charge is 0.345 e. The minimum absolute atomic E-state index is 0.182. The van der Waals surface area contributed by atoms with Gasteiger partial charge >= 0.3 is 0 Å². The van der Waals surface area contributed by atoms with Gasteiger partial charge in [-0.1, -0.05) is 20.8 Å². The monoisotopic (exact) mass is 254 g/mol. The fourth-order valence-electron chi connectivity index (χ4n) is 2.87. The van der Waals surface area contributed by atoms with Crippen LogP contribution in [0.2, 0.25) is 0 Å². The van der Waals surface area contributed by atoms with Crippen molar-refractivity contribution in [2.24, 2.45) is 23.0 Å². The van der Waals surface area contributed by atoms with Crippen molar-refractivity contribution in [2.45, 2.75) is 52.9 Å². The Labute approximate surface area is 112 Å². The molecule has 106 valence electrons. The normalized spacial score (nSPS) is 24.9. The maximum atomic E-state index is 12.1. The van der Waals surface area contributed by atoms with E-state index in [0.717, 1.165) is 19.5 Å². The van der Waals surface area contributed by atoms with Crippen LogP contribution >= 0.6 is 0 Å². The van der Waals surface area contributed by atoms with Crippen LogP contribution in [0.5, 0.6) is 0 Å². The molecule has 0 bridgehead atoms. The van der Waals surface area contributed by atoms with Crippen molar-refractivity contribution in [1.82, 2.24) is 4.90 Å². The third kappa shape index (κ3) is 5.38. The fraction of sp³-hybridized carbons (Fsp3) is 0.933. The fourth-order valence-corrected chi connectivity index (χ4v) is 2.87. The summed E-state index contributed by atoms with van der Waals surface area (Å²) in [4.78, 5) is 14.0. The van der Waals surface area contributed by atoms with E-state index in [9.17, 15) is 4.79 Å². The minimum atomic E-state index is 0.182. The van der Waals surface area contributed by atoms with Gasteiger partial charge in [0.25, 0.3) is 0 Å². The highest BCUT2D eigenvalue weighted by Crippen LogP contribution is 2.30. The van der Waals surface area contributed by atoms with Crippen LogP contribution in [0.25, 0.3) is 0 Å². The number of carbonyl (C=O) groups excluding carboxylic acids is 1. The molecule has 1 rings (SSSR count). The lowest BCUT2D eigenvalue weighted by atomic mass is 9.80. The van der Waals surface area contributed by atoms with Crippen molar-refractivity contribution in [3.63, 3.8) is 0 Å². The summed E-state index contributed by atoms with van der Waals surface area (Å²) in [5, 5.41) is 0. The number of nitrogens with zero attached hydrogens (tertiary/aromatic N) is 1. The Hall–Kier alpha value is -0.570. The molecule has 0 unspecified atom stereocenters. The molecule has 0 spiro atoms. The molecule has 3 heteroatoms. The summed E-state index contributed by atoms with van der Waals surface area (Å²) in [6, 6.07) is 0. The highest BCUT2D eigenvalue weighted by atomic mass is 16.2. The topological polar surface area (TPSA) is 46.3 Å². The Morgan fingerprint density at radius 2 is 1.67 bits per heavy atom. The van der Waals surface area contributed by atoms with Crippen molar-refractivity contribution >= 4 is 5.91 Å². The third-order valence-electron chi connectivity index (χ3n) is 3.90. The first-order valence-corrected chi connectivity index (χ1v) is 7.26. The van der Waals surface area contributed by atoms with Crippen LogP contribution in [0.3, 0.4) is 0 Å². The van der Waals surface area contributed by atoms with Gasteiger partial charge in [-0.2, -0.15) is 0 Å². The van der Waals surface area contributed by atoms with Gasteiger partial charge in [-0.05, 0) is 49.5 Å². The van der Waals surface area contributed by atoms with Crippen LogP contribution in [0.1, 0.15) is 52.9 Å². The van der Waals surface area contributed by atoms with Gasteiger partial charge in [0, 0.05) is 20.0 Å². The summed E-state index contributed by atoms with van der Waals surface area (Å²) in [6.45, 7) is 8.16. The summed E-state index contributed by atoms with van der Waals surface area (Å²) in [5.41, 5.74) is 5.87. The van der Waals surface area contributed by atoms with E-state index >= 15 is 0 Å². The second-order valence-corrected chi connectivity index (χ2v) is 7.14. The second kappa shape index (κ2) is 6.55. The molecule has 0 aliphatic heterocycles. The van der Waals surface area contributed by atoms with E-state index in [4.69, 9.17) is 5.73 Å². The predicted molar refractivity (Wildman–Crippen MR) is 76.2 cm³/mol. The lowest BCUT2D eigenvalue weighted by Gasteiger charge is -2.30. The Kier molecular flexibility index (Phi) is 5.64. The highest BCUT2D eigenvalue weighted by molar-refractivity contribution is 5.76. The zero-order valence-corrected chi connectivity index (χ0v) is 12.5. The number of rotatable bonds is 4. The van der Waals surface area contributed by atoms with E-state index in [0.29, 0.717) is 17.7 Å². The molecule has 1 aliphatic carbocycles. The van der Waals surface area contributed by atoms with Gasteiger partial charge < -0.3 is 10.6 Å². The van der Waals surface area contributed by atoms with Gasteiger partial charge in [0.05, 0.1) is 0 Å². The average Bonchev–Trinajstić information content (AvgIpc) is 2.27. The van der Waals surface area contributed by atoms with Crippen LogP contribution in [-0.2, 0) is 4.79 Å². The minimum Gasteiger partial charge on any atom is -0.345 e. The van der Waals surface area contributed by atoms with E-state index in [1.54, 1.807) is 0 Å². The summed E-state index contributed by atoms with van der Waals surface area (Å²) in [6.07, 6.45) is 5.49. The Balaban J connectivity index is 2.32. The molecule has 1 saturated carbocycles. The summed E-state index contributed by atoms with van der Waals surface area (Å²) in [7, 11) is 1.93. The predicted octanol–water partition coefficient (Wildman–Crippen LogP) is 2.65. The first-order valence-electron chi connectivity index (χ1n) is 7.26. The summed E-state index contributed by atoms with van der Waals surface area (Å²) < 4.78 is 0. The van der Waals surface area contributed by atoms with Gasteiger partial charge in [0.2, 0.25) is 5.91 Å². The van der Waals surface area contributed by atoms with E-state index in [1.165, 1.54) is 25.7 Å². The number of hydrogen-bond donors (Lipinski definition) is 1. The molecule has 1 amide bonds. The smallest absolute Gasteiger partial charge is 0.222 e. The van der Waals surface area contributed by atoms with Crippen molar-refractivity contribution in [2.75, 3.05) is 20.1 Å². The Morgan fingerprint density at radius 1 is 1.17 bits per heavy atom. The first-order chi connectivity index (χ1) is 8.31. The average molecular weight is 254 g/mol. The van der Waals surface area contributed by atoms with E-state index in [-0.39, 0.29) is 5.41 Å². The number of carbonyl (C=O) groups is 1. The maximum Gasteiger partial charge on any atom is 0.222 e. The standard InChI is InChI=1S/C15H30N2O/c1-15(2,3)11-17(4)14(18)9-12-5-7-13(10-16)8-6-12/h12-13H,5-11,16H2,1-4H3. The van der Waals surface area contributed by atoms with Crippen LogP contribution in [0.4, 0.5) is 0 Å². The molecule has 2 N–H and O–H groups in total. The molecule has 0 atom stereocenters. The molecule has 0 heterocycles. The van der Waals surface area contributed by atoms with Gasteiger partial charge in [-0.15, -0.1) is 0 Å². The lowest BCUT2D eigenvalue weighted by molar-refractivity contribution is -0.132. The van der Waals surface area contributed by atoms with Crippen molar-refractivity contribution in [3.05, 3.63) is 0 Å². The van der Waals surface area contributed by atoms with Crippen LogP contribution in [-0.4, -0.2) is 30.9 Å². The van der Waals surface area contributed by atoms with Crippen LogP contribution in [0, 0.1) is 17.3 Å². The van der Waals surface area contributed by atoms with Crippen molar-refractivity contribution in [1.29, 1.82) is 0 Å². The quantitative estimate of drug-likeness (QED) is 0.838. The van der Waals surface area contributed by atoms with E-state index in [1.807, 2.05) is 11.9 Å². The third-order valence-corrected chi connectivity index (χ3v) is 3.90. The van der Waals surface area contributed by atoms with Gasteiger partial charge in [-0.3, -0.25) is 4.79 Å². The number of hydrogen-bond acceptors (Lipinski definition) is 2. The maximum absolute atomic E-state index is 12.1. The molecule has 0 radical (unpaired) electrons. The molecule has 0 aromatic rings. The molecule has 0 saturated heterocycles. The van der Waals surface area contributed by atoms with Gasteiger partial charge in [0.15, 0.2) is 0 Å². The first kappa shape index (κ1) is 15.5. The zero-order valence-electron chi connectivity index (χ0n) is 12.5. The molecule has 0 aromatic carbocycles. The molecule has 3 nitrogen and oxygen atoms in total. The Morgan fingerprint density at radius 3 is 2.11 bits per heavy atom. The highest BCUT2D eigenvalue weighted by Gasteiger charge is 2.24. The van der Waals surface area contributed by atoms with Crippen molar-refractivity contribution < 1.29 is 4.79 Å². The zero-order chi connectivity index (χ0) is 13.8. The van der Waals surface area contributed by atoms with E-state index < -0.39 is 0 Å². The number of amides is 1. The molecular weight excluding hydrogens is 224 g/mol. The molecular formula is C15H30N2O. The van der Waals surface area contributed by atoms with Crippen LogP contribution in [0.15, 0.2) is 0 Å². The van der Waals surface area contributed by atoms with Crippen molar-refractivity contribution in [3.8, 4) is 0 Å². The lowest BCUT2D eigenvalue weighted by Crippen LogP contribution is -2.36. The Bertz CT molecular complexity index is 262. The van der Waals surface area contributed by atoms with E-state index in [2.05, 4.69) is 20.8 Å². The van der Waals surface area contributed by atoms with Crippen LogP contribution < -0.4 is 5.73 Å². The second-order valence-electron chi connectivity index (χ2n) is 7.14. The number of nitrogens with two attached hydrogens (primary N) is 1. The SMILES string of the molecule is CN(CC(C)(C)C)C(=O)CC1CCC(CN)CC1. The summed E-state index contributed by atoms with van der Waals surface area (Å²) >= 11 is 0. The molecule has 1 aliphatic rings. The molecule has 0 aromatic heterocycles.